The Morgan fingerprint density at radius 3 is 3.21 bits per heavy atom. The van der Waals surface area contributed by atoms with Gasteiger partial charge in [-0.05, 0) is 24.8 Å². The molecule has 2 aromatic heterocycles. The molecule has 0 bridgehead atoms. The van der Waals surface area contributed by atoms with E-state index in [9.17, 15) is 4.79 Å². The number of rotatable bonds is 3. The molecule has 0 radical (unpaired) electrons. The van der Waals surface area contributed by atoms with Crippen molar-refractivity contribution in [3.63, 3.8) is 0 Å². The van der Waals surface area contributed by atoms with Gasteiger partial charge < -0.3 is 4.57 Å². The molecule has 1 saturated carbocycles. The first-order chi connectivity index (χ1) is 6.88. The number of carbonyl (C=O) groups excluding carboxylic acids is 1. The van der Waals surface area contributed by atoms with E-state index >= 15 is 0 Å². The summed E-state index contributed by atoms with van der Waals surface area (Å²) in [5, 5.41) is 0. The molecule has 0 N–H and O–H groups in total. The summed E-state index contributed by atoms with van der Waals surface area (Å²) in [5.74, 6) is 0.769. The molecule has 2 heterocycles. The largest absolute Gasteiger partial charge is 0.322 e. The van der Waals surface area contributed by atoms with Crippen LogP contribution in [0.2, 0.25) is 0 Å². The van der Waals surface area contributed by atoms with E-state index < -0.39 is 0 Å². The molecule has 1 fully saturated rings. The maximum absolute atomic E-state index is 10.9. The van der Waals surface area contributed by atoms with Crippen LogP contribution in [0.25, 0.3) is 10.3 Å². The Hall–Kier alpha value is -1.16. The third-order valence-corrected chi connectivity index (χ3v) is 3.44. The fraction of sp³-hybridized carbons (Fsp3) is 0.400. The molecule has 72 valence electrons. The molecular weight excluding hydrogens is 196 g/mol. The van der Waals surface area contributed by atoms with Crippen LogP contribution in [0.5, 0.6) is 0 Å². The van der Waals surface area contributed by atoms with Gasteiger partial charge in [-0.2, -0.15) is 0 Å². The first-order valence-corrected chi connectivity index (χ1v) is 5.64. The van der Waals surface area contributed by atoms with Crippen molar-refractivity contribution in [2.75, 3.05) is 0 Å². The summed E-state index contributed by atoms with van der Waals surface area (Å²) in [6, 6.07) is 1.93. The van der Waals surface area contributed by atoms with Gasteiger partial charge in [-0.1, -0.05) is 0 Å². The zero-order valence-corrected chi connectivity index (χ0v) is 8.46. The molecule has 14 heavy (non-hydrogen) atoms. The van der Waals surface area contributed by atoms with Crippen LogP contribution in [-0.4, -0.2) is 15.8 Å². The van der Waals surface area contributed by atoms with Crippen LogP contribution in [0, 0.1) is 5.92 Å². The Morgan fingerprint density at radius 1 is 1.64 bits per heavy atom. The molecule has 4 heteroatoms. The van der Waals surface area contributed by atoms with Gasteiger partial charge in [-0.3, -0.25) is 4.79 Å². The summed E-state index contributed by atoms with van der Waals surface area (Å²) in [5.41, 5.74) is 3.58. The number of aromatic nitrogens is 2. The van der Waals surface area contributed by atoms with E-state index in [1.807, 2.05) is 11.6 Å². The standard InChI is InChI=1S/C10H10N2OS/c13-5-8-3-9-10(11-6-14-9)12(8)4-7-1-2-7/h3,5-7H,1-2,4H2. The first-order valence-electron chi connectivity index (χ1n) is 4.76. The Bertz CT molecular complexity index is 481. The molecule has 3 nitrogen and oxygen atoms in total. The first kappa shape index (κ1) is 8.17. The Balaban J connectivity index is 2.13. The lowest BCUT2D eigenvalue weighted by Gasteiger charge is -2.03. The summed E-state index contributed by atoms with van der Waals surface area (Å²) < 4.78 is 3.17. The Kier molecular flexibility index (Phi) is 1.70. The maximum Gasteiger partial charge on any atom is 0.166 e. The second kappa shape index (κ2) is 2.92. The van der Waals surface area contributed by atoms with Crippen LogP contribution < -0.4 is 0 Å². The molecule has 1 aliphatic carbocycles. The molecule has 0 unspecified atom stereocenters. The van der Waals surface area contributed by atoms with E-state index in [1.165, 1.54) is 12.8 Å². The minimum absolute atomic E-state index is 0.769. The van der Waals surface area contributed by atoms with E-state index in [2.05, 4.69) is 9.55 Å². The molecule has 0 atom stereocenters. The topological polar surface area (TPSA) is 34.9 Å². The number of nitrogens with zero attached hydrogens (tertiary/aromatic N) is 2. The van der Waals surface area contributed by atoms with Crippen molar-refractivity contribution in [1.82, 2.24) is 9.55 Å². The summed E-state index contributed by atoms with van der Waals surface area (Å²) >= 11 is 1.59. The fourth-order valence-electron chi connectivity index (χ4n) is 1.73. The average molecular weight is 206 g/mol. The lowest BCUT2D eigenvalue weighted by Crippen LogP contribution is -2.03. The summed E-state index contributed by atoms with van der Waals surface area (Å²) in [6.45, 7) is 0.960. The number of thiazole rings is 1. The predicted molar refractivity (Wildman–Crippen MR) is 55.7 cm³/mol. The number of hydrogen-bond donors (Lipinski definition) is 0. The van der Waals surface area contributed by atoms with Crippen LogP contribution in [0.1, 0.15) is 23.3 Å². The predicted octanol–water partition coefficient (Wildman–Crippen LogP) is 2.32. The van der Waals surface area contributed by atoms with Crippen LogP contribution >= 0.6 is 11.3 Å². The van der Waals surface area contributed by atoms with Gasteiger partial charge in [-0.15, -0.1) is 11.3 Å². The molecule has 1 aliphatic rings. The summed E-state index contributed by atoms with van der Waals surface area (Å²) in [4.78, 5) is 15.1. The van der Waals surface area contributed by atoms with Crippen molar-refractivity contribution in [1.29, 1.82) is 0 Å². The maximum atomic E-state index is 10.9. The van der Waals surface area contributed by atoms with Gasteiger partial charge >= 0.3 is 0 Å². The number of hydrogen-bond acceptors (Lipinski definition) is 3. The fourth-order valence-corrected chi connectivity index (χ4v) is 2.46. The zero-order valence-electron chi connectivity index (χ0n) is 7.64. The van der Waals surface area contributed by atoms with Gasteiger partial charge in [0, 0.05) is 6.54 Å². The summed E-state index contributed by atoms with van der Waals surface area (Å²) in [6.07, 6.45) is 3.51. The quantitative estimate of drug-likeness (QED) is 0.722. The van der Waals surface area contributed by atoms with E-state index in [0.717, 1.165) is 34.8 Å². The highest BCUT2D eigenvalue weighted by molar-refractivity contribution is 7.16. The highest BCUT2D eigenvalue weighted by Gasteiger charge is 2.24. The second-order valence-electron chi connectivity index (χ2n) is 3.78. The highest BCUT2D eigenvalue weighted by Crippen LogP contribution is 2.33. The van der Waals surface area contributed by atoms with Crippen LogP contribution in [0.3, 0.4) is 0 Å². The summed E-state index contributed by atoms with van der Waals surface area (Å²) in [7, 11) is 0. The van der Waals surface area contributed by atoms with Crippen LogP contribution in [-0.2, 0) is 6.54 Å². The lowest BCUT2D eigenvalue weighted by molar-refractivity contribution is 0.111. The lowest BCUT2D eigenvalue weighted by atomic mass is 10.4. The van der Waals surface area contributed by atoms with E-state index in [0.29, 0.717) is 0 Å². The third kappa shape index (κ3) is 1.18. The Labute approximate surface area is 85.4 Å². The number of fused-ring (bicyclic) bond motifs is 1. The highest BCUT2D eigenvalue weighted by atomic mass is 32.1. The van der Waals surface area contributed by atoms with Gasteiger partial charge in [-0.25, -0.2) is 4.98 Å². The van der Waals surface area contributed by atoms with Crippen molar-refractivity contribution < 1.29 is 4.79 Å². The third-order valence-electron chi connectivity index (χ3n) is 2.68. The number of carbonyl (C=O) groups is 1. The average Bonchev–Trinajstić information content (AvgIpc) is 2.77. The molecule has 0 aliphatic heterocycles. The van der Waals surface area contributed by atoms with E-state index in [1.54, 1.807) is 11.3 Å². The Morgan fingerprint density at radius 2 is 2.50 bits per heavy atom. The SMILES string of the molecule is O=Cc1cc2scnc2n1CC1CC1. The minimum atomic E-state index is 0.769. The molecule has 2 aromatic rings. The van der Waals surface area contributed by atoms with Gasteiger partial charge in [0.1, 0.15) is 0 Å². The van der Waals surface area contributed by atoms with Crippen LogP contribution in [0.4, 0.5) is 0 Å². The van der Waals surface area contributed by atoms with Crippen LogP contribution in [0.15, 0.2) is 11.6 Å². The van der Waals surface area contributed by atoms with E-state index in [-0.39, 0.29) is 0 Å². The molecule has 3 rings (SSSR count). The van der Waals surface area contributed by atoms with Crippen molar-refractivity contribution in [3.8, 4) is 0 Å². The smallest absolute Gasteiger partial charge is 0.166 e. The van der Waals surface area contributed by atoms with Crippen molar-refractivity contribution in [2.24, 2.45) is 5.92 Å². The molecular formula is C10H10N2OS. The monoisotopic (exact) mass is 206 g/mol. The molecule has 0 aromatic carbocycles. The molecule has 0 amide bonds. The van der Waals surface area contributed by atoms with Gasteiger partial charge in [0.05, 0.1) is 15.9 Å². The minimum Gasteiger partial charge on any atom is -0.322 e. The second-order valence-corrected chi connectivity index (χ2v) is 4.67. The van der Waals surface area contributed by atoms with Crippen molar-refractivity contribution in [2.45, 2.75) is 19.4 Å². The van der Waals surface area contributed by atoms with Crippen molar-refractivity contribution in [3.05, 3.63) is 17.3 Å². The van der Waals surface area contributed by atoms with Gasteiger partial charge in [0.25, 0.3) is 0 Å². The van der Waals surface area contributed by atoms with E-state index in [4.69, 9.17) is 0 Å². The normalized spacial score (nSPS) is 16.3. The molecule has 0 saturated heterocycles. The molecule has 0 spiro atoms. The number of aldehydes is 1. The van der Waals surface area contributed by atoms with Gasteiger partial charge in [0.15, 0.2) is 11.9 Å². The zero-order chi connectivity index (χ0) is 9.54. The van der Waals surface area contributed by atoms with Gasteiger partial charge in [0.2, 0.25) is 0 Å². The van der Waals surface area contributed by atoms with Crippen molar-refractivity contribution >= 4 is 28.0 Å².